The maximum absolute atomic E-state index is 12.7. The second-order valence-corrected chi connectivity index (χ2v) is 6.74. The van der Waals surface area contributed by atoms with Crippen LogP contribution in [0.15, 0.2) is 0 Å². The van der Waals surface area contributed by atoms with Crippen LogP contribution in [0, 0.1) is 11.8 Å². The minimum Gasteiger partial charge on any atom is -0.338 e. The van der Waals surface area contributed by atoms with E-state index in [0.717, 1.165) is 31.7 Å². The SMILES string of the molecule is CC(CC1CCCC1)C(=O)N1CCCCC1C(C)N. The highest BCUT2D eigenvalue weighted by Crippen LogP contribution is 2.31. The van der Waals surface area contributed by atoms with E-state index in [9.17, 15) is 4.79 Å². The van der Waals surface area contributed by atoms with Crippen molar-refractivity contribution in [3.8, 4) is 0 Å². The summed E-state index contributed by atoms with van der Waals surface area (Å²) < 4.78 is 0. The van der Waals surface area contributed by atoms with E-state index in [1.54, 1.807) is 0 Å². The first kappa shape index (κ1) is 14.8. The molecule has 3 nitrogen and oxygen atoms in total. The van der Waals surface area contributed by atoms with Crippen molar-refractivity contribution in [2.45, 2.75) is 77.3 Å². The van der Waals surface area contributed by atoms with Gasteiger partial charge in [0.15, 0.2) is 0 Å². The number of carbonyl (C=O) groups excluding carboxylic acids is 1. The quantitative estimate of drug-likeness (QED) is 0.850. The summed E-state index contributed by atoms with van der Waals surface area (Å²) in [4.78, 5) is 14.8. The van der Waals surface area contributed by atoms with Crippen molar-refractivity contribution in [2.75, 3.05) is 6.54 Å². The van der Waals surface area contributed by atoms with Gasteiger partial charge in [0.2, 0.25) is 5.91 Å². The fourth-order valence-electron chi connectivity index (χ4n) is 3.91. The van der Waals surface area contributed by atoms with Gasteiger partial charge < -0.3 is 10.6 Å². The Morgan fingerprint density at radius 3 is 2.42 bits per heavy atom. The summed E-state index contributed by atoms with van der Waals surface area (Å²) in [6, 6.07) is 0.371. The summed E-state index contributed by atoms with van der Waals surface area (Å²) in [6.07, 6.45) is 9.90. The van der Waals surface area contributed by atoms with Gasteiger partial charge in [0.05, 0.1) is 0 Å². The van der Waals surface area contributed by atoms with E-state index in [1.807, 2.05) is 6.92 Å². The molecule has 0 aromatic rings. The summed E-state index contributed by atoms with van der Waals surface area (Å²) in [5.41, 5.74) is 6.07. The van der Waals surface area contributed by atoms with Gasteiger partial charge in [-0.3, -0.25) is 4.79 Å². The van der Waals surface area contributed by atoms with Crippen LogP contribution in [0.4, 0.5) is 0 Å². The lowest BCUT2D eigenvalue weighted by Gasteiger charge is -2.39. The highest BCUT2D eigenvalue weighted by molar-refractivity contribution is 5.79. The molecule has 0 spiro atoms. The summed E-state index contributed by atoms with van der Waals surface area (Å²) in [7, 11) is 0. The second-order valence-electron chi connectivity index (χ2n) is 6.74. The van der Waals surface area contributed by atoms with E-state index >= 15 is 0 Å². The van der Waals surface area contributed by atoms with Crippen LogP contribution in [0.3, 0.4) is 0 Å². The predicted octanol–water partition coefficient (Wildman–Crippen LogP) is 2.93. The van der Waals surface area contributed by atoms with Crippen molar-refractivity contribution in [1.29, 1.82) is 0 Å². The van der Waals surface area contributed by atoms with E-state index < -0.39 is 0 Å². The molecule has 2 aliphatic rings. The third kappa shape index (κ3) is 3.71. The summed E-state index contributed by atoms with van der Waals surface area (Å²) in [5.74, 6) is 1.33. The van der Waals surface area contributed by atoms with Crippen LogP contribution >= 0.6 is 0 Å². The molecule has 3 heteroatoms. The molecule has 19 heavy (non-hydrogen) atoms. The van der Waals surface area contributed by atoms with Gasteiger partial charge in [-0.2, -0.15) is 0 Å². The van der Waals surface area contributed by atoms with Gasteiger partial charge in [-0.25, -0.2) is 0 Å². The second kappa shape index (κ2) is 6.74. The largest absolute Gasteiger partial charge is 0.338 e. The minimum absolute atomic E-state index is 0.0999. The van der Waals surface area contributed by atoms with Crippen molar-refractivity contribution < 1.29 is 4.79 Å². The van der Waals surface area contributed by atoms with Crippen molar-refractivity contribution in [1.82, 2.24) is 4.90 Å². The van der Waals surface area contributed by atoms with Crippen LogP contribution in [0.1, 0.15) is 65.2 Å². The fourth-order valence-corrected chi connectivity index (χ4v) is 3.91. The van der Waals surface area contributed by atoms with E-state index in [1.165, 1.54) is 32.1 Å². The van der Waals surface area contributed by atoms with Crippen LogP contribution < -0.4 is 5.73 Å². The number of rotatable bonds is 4. The first-order chi connectivity index (χ1) is 9.09. The number of piperidine rings is 1. The highest BCUT2D eigenvalue weighted by atomic mass is 16.2. The Balaban J connectivity index is 1.92. The zero-order valence-corrected chi connectivity index (χ0v) is 12.6. The van der Waals surface area contributed by atoms with Gasteiger partial charge in [-0.15, -0.1) is 0 Å². The van der Waals surface area contributed by atoms with Gasteiger partial charge in [-0.1, -0.05) is 32.6 Å². The van der Waals surface area contributed by atoms with Crippen molar-refractivity contribution >= 4 is 5.91 Å². The molecule has 3 atom stereocenters. The van der Waals surface area contributed by atoms with Gasteiger partial charge in [0.25, 0.3) is 0 Å². The minimum atomic E-state index is 0.0999. The van der Waals surface area contributed by atoms with Gasteiger partial charge >= 0.3 is 0 Å². The normalized spacial score (nSPS) is 28.4. The maximum Gasteiger partial charge on any atom is 0.225 e. The number of hydrogen-bond acceptors (Lipinski definition) is 2. The number of nitrogens with zero attached hydrogens (tertiary/aromatic N) is 1. The molecule has 110 valence electrons. The molecular formula is C16H30N2O. The van der Waals surface area contributed by atoms with E-state index in [-0.39, 0.29) is 18.0 Å². The average molecular weight is 266 g/mol. The topological polar surface area (TPSA) is 46.3 Å². The van der Waals surface area contributed by atoms with Gasteiger partial charge in [-0.05, 0) is 38.5 Å². The molecule has 0 aromatic heterocycles. The Morgan fingerprint density at radius 2 is 1.79 bits per heavy atom. The molecule has 0 aromatic carbocycles. The Morgan fingerprint density at radius 1 is 1.16 bits per heavy atom. The summed E-state index contributed by atoms with van der Waals surface area (Å²) in [5, 5.41) is 0. The van der Waals surface area contributed by atoms with Crippen LogP contribution in [0.25, 0.3) is 0 Å². The zero-order chi connectivity index (χ0) is 13.8. The fraction of sp³-hybridized carbons (Fsp3) is 0.938. The smallest absolute Gasteiger partial charge is 0.225 e. The molecule has 0 radical (unpaired) electrons. The third-order valence-corrected chi connectivity index (χ3v) is 5.02. The molecule has 1 heterocycles. The number of likely N-dealkylation sites (tertiary alicyclic amines) is 1. The number of nitrogens with two attached hydrogens (primary N) is 1. The third-order valence-electron chi connectivity index (χ3n) is 5.02. The lowest BCUT2D eigenvalue weighted by molar-refractivity contribution is -0.139. The van der Waals surface area contributed by atoms with Crippen LogP contribution in [0.2, 0.25) is 0 Å². The standard InChI is InChI=1S/C16H30N2O/c1-12(11-14-7-3-4-8-14)16(19)18-10-6-5-9-15(18)13(2)17/h12-15H,3-11,17H2,1-2H3. The molecular weight excluding hydrogens is 236 g/mol. The Hall–Kier alpha value is -0.570. The van der Waals surface area contributed by atoms with Gasteiger partial charge in [0, 0.05) is 24.5 Å². The van der Waals surface area contributed by atoms with E-state index in [2.05, 4.69) is 11.8 Å². The van der Waals surface area contributed by atoms with Gasteiger partial charge in [0.1, 0.15) is 0 Å². The average Bonchev–Trinajstić information content (AvgIpc) is 2.90. The molecule has 1 aliphatic heterocycles. The molecule has 1 amide bonds. The molecule has 0 bridgehead atoms. The molecule has 2 fully saturated rings. The Bertz CT molecular complexity index is 297. The molecule has 1 saturated carbocycles. The molecule has 2 rings (SSSR count). The van der Waals surface area contributed by atoms with Crippen molar-refractivity contribution in [2.24, 2.45) is 17.6 Å². The first-order valence-electron chi connectivity index (χ1n) is 8.15. The monoisotopic (exact) mass is 266 g/mol. The molecule has 2 N–H and O–H groups in total. The van der Waals surface area contributed by atoms with E-state index in [0.29, 0.717) is 5.91 Å². The lowest BCUT2D eigenvalue weighted by atomic mass is 9.90. The highest BCUT2D eigenvalue weighted by Gasteiger charge is 2.32. The molecule has 1 aliphatic carbocycles. The number of amides is 1. The number of carbonyl (C=O) groups is 1. The van der Waals surface area contributed by atoms with E-state index in [4.69, 9.17) is 5.73 Å². The Kier molecular flexibility index (Phi) is 5.26. The predicted molar refractivity (Wildman–Crippen MR) is 78.7 cm³/mol. The van der Waals surface area contributed by atoms with Crippen molar-refractivity contribution in [3.63, 3.8) is 0 Å². The maximum atomic E-state index is 12.7. The zero-order valence-electron chi connectivity index (χ0n) is 12.6. The number of hydrogen-bond donors (Lipinski definition) is 1. The summed E-state index contributed by atoms with van der Waals surface area (Å²) >= 11 is 0. The van der Waals surface area contributed by atoms with Crippen molar-refractivity contribution in [3.05, 3.63) is 0 Å². The first-order valence-corrected chi connectivity index (χ1v) is 8.15. The Labute approximate surface area is 117 Å². The van der Waals surface area contributed by atoms with Crippen LogP contribution in [-0.4, -0.2) is 29.4 Å². The lowest BCUT2D eigenvalue weighted by Crippen LogP contribution is -2.53. The molecule has 1 saturated heterocycles. The molecule has 3 unspecified atom stereocenters. The summed E-state index contributed by atoms with van der Waals surface area (Å²) in [6.45, 7) is 5.07. The van der Waals surface area contributed by atoms with Crippen LogP contribution in [0.5, 0.6) is 0 Å². The van der Waals surface area contributed by atoms with Crippen LogP contribution in [-0.2, 0) is 4.79 Å².